The lowest BCUT2D eigenvalue weighted by Crippen LogP contribution is -2.64. The van der Waals surface area contributed by atoms with E-state index in [4.69, 9.17) is 0 Å². The Kier molecular flexibility index (Phi) is 4.41. The molecule has 1 saturated heterocycles. The van der Waals surface area contributed by atoms with Crippen molar-refractivity contribution in [3.8, 4) is 0 Å². The molecule has 5 nitrogen and oxygen atoms in total. The summed E-state index contributed by atoms with van der Waals surface area (Å²) in [5.74, 6) is -1.93. The highest BCUT2D eigenvalue weighted by Gasteiger charge is 2.60. The standard InChI is InChI=1S/C21H25NO4/c1-19(2,3)21(26,17(23)20(18(24)25)11-6-12-22-20)16-10-9-14-7-4-5-8-15(14)13-16/h4-5,7-10,13,22,26H,6,11-12H2,1-3H3,(H,24,25)/t20-,21?/m1/s1. The van der Waals surface area contributed by atoms with Crippen LogP contribution in [-0.4, -0.2) is 34.0 Å². The number of carbonyl (C=O) groups excluding carboxylic acids is 1. The van der Waals surface area contributed by atoms with Crippen molar-refractivity contribution < 1.29 is 19.8 Å². The van der Waals surface area contributed by atoms with E-state index in [1.54, 1.807) is 32.9 Å². The fourth-order valence-corrected chi connectivity index (χ4v) is 3.85. The normalized spacial score (nSPS) is 22.9. The number of aliphatic carboxylic acids is 1. The van der Waals surface area contributed by atoms with Crippen LogP contribution < -0.4 is 5.32 Å². The van der Waals surface area contributed by atoms with Crippen LogP contribution in [-0.2, 0) is 15.2 Å². The molecule has 26 heavy (non-hydrogen) atoms. The minimum Gasteiger partial charge on any atom is -0.480 e. The van der Waals surface area contributed by atoms with Gasteiger partial charge in [0.25, 0.3) is 0 Å². The Balaban J connectivity index is 2.20. The van der Waals surface area contributed by atoms with Gasteiger partial charge in [0.05, 0.1) is 0 Å². The SMILES string of the molecule is CC(C)(C)C(O)(C(=O)[C@@]1(C(=O)O)CCCN1)c1ccc2ccccc2c1. The highest BCUT2D eigenvalue weighted by atomic mass is 16.4. The zero-order chi connectivity index (χ0) is 19.2. The van der Waals surface area contributed by atoms with Crippen molar-refractivity contribution in [2.24, 2.45) is 5.41 Å². The summed E-state index contributed by atoms with van der Waals surface area (Å²) in [4.78, 5) is 25.5. The Bertz CT molecular complexity index is 862. The van der Waals surface area contributed by atoms with Gasteiger partial charge in [0.1, 0.15) is 0 Å². The predicted octanol–water partition coefficient (Wildman–Crippen LogP) is 2.85. The molecule has 0 aliphatic carbocycles. The van der Waals surface area contributed by atoms with Gasteiger partial charge in [-0.3, -0.25) is 10.1 Å². The number of rotatable bonds is 4. The van der Waals surface area contributed by atoms with Crippen LogP contribution in [0.5, 0.6) is 0 Å². The summed E-state index contributed by atoms with van der Waals surface area (Å²) in [7, 11) is 0. The van der Waals surface area contributed by atoms with Crippen LogP contribution in [0, 0.1) is 5.41 Å². The highest BCUT2D eigenvalue weighted by Crippen LogP contribution is 2.44. The van der Waals surface area contributed by atoms with Gasteiger partial charge in [0.15, 0.2) is 11.1 Å². The molecule has 2 atom stereocenters. The average Bonchev–Trinajstić information content (AvgIpc) is 3.10. The summed E-state index contributed by atoms with van der Waals surface area (Å²) in [6, 6.07) is 13.0. The average molecular weight is 355 g/mol. The molecule has 3 rings (SSSR count). The molecule has 0 amide bonds. The number of carboxylic acid groups (broad SMARTS) is 1. The maximum absolute atomic E-state index is 13.5. The topological polar surface area (TPSA) is 86.6 Å². The number of carboxylic acids is 1. The van der Waals surface area contributed by atoms with E-state index in [1.165, 1.54) is 0 Å². The lowest BCUT2D eigenvalue weighted by molar-refractivity contribution is -0.167. The molecule has 2 aromatic rings. The Hall–Kier alpha value is -2.24. The van der Waals surface area contributed by atoms with E-state index in [9.17, 15) is 19.8 Å². The largest absolute Gasteiger partial charge is 0.480 e. The molecule has 5 heteroatoms. The summed E-state index contributed by atoms with van der Waals surface area (Å²) >= 11 is 0. The molecule has 1 aliphatic rings. The first-order valence-corrected chi connectivity index (χ1v) is 8.88. The van der Waals surface area contributed by atoms with Gasteiger partial charge >= 0.3 is 5.97 Å². The lowest BCUT2D eigenvalue weighted by Gasteiger charge is -2.43. The fourth-order valence-electron chi connectivity index (χ4n) is 3.85. The third-order valence-corrected chi connectivity index (χ3v) is 5.49. The maximum Gasteiger partial charge on any atom is 0.331 e. The van der Waals surface area contributed by atoms with Crippen molar-refractivity contribution in [1.29, 1.82) is 0 Å². The van der Waals surface area contributed by atoms with Gasteiger partial charge in [-0.1, -0.05) is 57.2 Å². The fraction of sp³-hybridized carbons (Fsp3) is 0.429. The number of hydrogen-bond acceptors (Lipinski definition) is 4. The summed E-state index contributed by atoms with van der Waals surface area (Å²) in [5.41, 5.74) is -4.16. The third kappa shape index (κ3) is 2.63. The van der Waals surface area contributed by atoms with Crippen molar-refractivity contribution in [3.63, 3.8) is 0 Å². The lowest BCUT2D eigenvalue weighted by atomic mass is 9.65. The van der Waals surface area contributed by atoms with Crippen molar-refractivity contribution >= 4 is 22.5 Å². The highest BCUT2D eigenvalue weighted by molar-refractivity contribution is 6.12. The summed E-state index contributed by atoms with van der Waals surface area (Å²) in [6.07, 6.45) is 0.753. The van der Waals surface area contributed by atoms with Crippen LogP contribution in [0.3, 0.4) is 0 Å². The number of Topliss-reactive ketones (excluding diaryl/α,β-unsaturated/α-hetero) is 1. The minimum atomic E-state index is -1.94. The number of aliphatic hydroxyl groups is 1. The Morgan fingerprint density at radius 3 is 2.27 bits per heavy atom. The van der Waals surface area contributed by atoms with Gasteiger partial charge in [0.2, 0.25) is 5.78 Å². The van der Waals surface area contributed by atoms with Crippen molar-refractivity contribution in [3.05, 3.63) is 48.0 Å². The molecule has 2 aromatic carbocycles. The van der Waals surface area contributed by atoms with E-state index in [0.717, 1.165) is 10.8 Å². The molecule has 138 valence electrons. The minimum absolute atomic E-state index is 0.174. The first-order chi connectivity index (χ1) is 12.1. The van der Waals surface area contributed by atoms with E-state index in [-0.39, 0.29) is 6.42 Å². The smallest absolute Gasteiger partial charge is 0.331 e. The molecular formula is C21H25NO4. The number of benzene rings is 2. The number of ketones is 1. The molecule has 1 fully saturated rings. The van der Waals surface area contributed by atoms with E-state index in [0.29, 0.717) is 18.5 Å². The van der Waals surface area contributed by atoms with Crippen LogP contribution in [0.4, 0.5) is 0 Å². The van der Waals surface area contributed by atoms with Gasteiger partial charge in [-0.15, -0.1) is 0 Å². The molecule has 1 unspecified atom stereocenters. The summed E-state index contributed by atoms with van der Waals surface area (Å²) < 4.78 is 0. The van der Waals surface area contributed by atoms with E-state index in [2.05, 4.69) is 5.32 Å². The second-order valence-corrected chi connectivity index (χ2v) is 8.09. The quantitative estimate of drug-likeness (QED) is 0.734. The Labute approximate surface area is 153 Å². The van der Waals surface area contributed by atoms with Crippen molar-refractivity contribution in [2.45, 2.75) is 44.8 Å². The van der Waals surface area contributed by atoms with Crippen LogP contribution in [0.15, 0.2) is 42.5 Å². The molecule has 0 saturated carbocycles. The van der Waals surface area contributed by atoms with E-state index in [1.807, 2.05) is 30.3 Å². The molecule has 0 radical (unpaired) electrons. The van der Waals surface area contributed by atoms with Crippen LogP contribution in [0.25, 0.3) is 10.8 Å². The monoisotopic (exact) mass is 355 g/mol. The summed E-state index contributed by atoms with van der Waals surface area (Å²) in [5, 5.41) is 26.2. The number of fused-ring (bicyclic) bond motifs is 1. The molecule has 1 heterocycles. The zero-order valence-electron chi connectivity index (χ0n) is 15.4. The zero-order valence-corrected chi connectivity index (χ0v) is 15.4. The van der Waals surface area contributed by atoms with Crippen molar-refractivity contribution in [2.75, 3.05) is 6.54 Å². The number of hydrogen-bond donors (Lipinski definition) is 3. The maximum atomic E-state index is 13.5. The van der Waals surface area contributed by atoms with E-state index < -0.39 is 28.3 Å². The van der Waals surface area contributed by atoms with Crippen LogP contribution >= 0.6 is 0 Å². The van der Waals surface area contributed by atoms with Gasteiger partial charge < -0.3 is 10.2 Å². The number of carbonyl (C=O) groups is 2. The summed E-state index contributed by atoms with van der Waals surface area (Å²) in [6.45, 7) is 5.70. The van der Waals surface area contributed by atoms with Crippen molar-refractivity contribution in [1.82, 2.24) is 5.32 Å². The molecule has 0 bridgehead atoms. The molecule has 0 aromatic heterocycles. The Morgan fingerprint density at radius 1 is 1.08 bits per heavy atom. The first kappa shape index (κ1) is 18.5. The second kappa shape index (κ2) is 6.18. The van der Waals surface area contributed by atoms with Gasteiger partial charge in [-0.05, 0) is 41.8 Å². The molecule has 0 spiro atoms. The predicted molar refractivity (Wildman–Crippen MR) is 99.9 cm³/mol. The van der Waals surface area contributed by atoms with Gasteiger partial charge in [-0.25, -0.2) is 4.79 Å². The van der Waals surface area contributed by atoms with Crippen LogP contribution in [0.1, 0.15) is 39.2 Å². The third-order valence-electron chi connectivity index (χ3n) is 5.49. The first-order valence-electron chi connectivity index (χ1n) is 8.88. The molecular weight excluding hydrogens is 330 g/mol. The molecule has 1 aliphatic heterocycles. The van der Waals surface area contributed by atoms with Gasteiger partial charge in [0, 0.05) is 5.41 Å². The van der Waals surface area contributed by atoms with Gasteiger partial charge in [-0.2, -0.15) is 0 Å². The Morgan fingerprint density at radius 2 is 1.73 bits per heavy atom. The van der Waals surface area contributed by atoms with Crippen LogP contribution in [0.2, 0.25) is 0 Å². The van der Waals surface area contributed by atoms with E-state index >= 15 is 0 Å². The number of nitrogens with one attached hydrogen (secondary N) is 1. The molecule has 3 N–H and O–H groups in total. The second-order valence-electron chi connectivity index (χ2n) is 8.09.